The number of aromatic nitrogens is 6. The average Bonchev–Trinajstić information content (AvgIpc) is 3.51. The van der Waals surface area contributed by atoms with Gasteiger partial charge >= 0.3 is 0 Å². The van der Waals surface area contributed by atoms with E-state index in [1.54, 1.807) is 37.1 Å². The van der Waals surface area contributed by atoms with Crippen LogP contribution >= 0.6 is 0 Å². The number of carbonyl (C=O) groups excluding carboxylic acids is 1. The molecule has 0 radical (unpaired) electrons. The molecule has 6 rings (SSSR count). The van der Waals surface area contributed by atoms with Gasteiger partial charge in [-0.3, -0.25) is 19.9 Å². The lowest BCUT2D eigenvalue weighted by Crippen LogP contribution is -2.19. The molecule has 39 heavy (non-hydrogen) atoms. The zero-order valence-corrected chi connectivity index (χ0v) is 21.7. The number of rotatable bonds is 5. The van der Waals surface area contributed by atoms with Gasteiger partial charge in [-0.05, 0) is 41.3 Å². The van der Waals surface area contributed by atoms with Crippen LogP contribution in [0.5, 0.6) is 0 Å². The average molecular weight is 520 g/mol. The Kier molecular flexibility index (Phi) is 5.91. The van der Waals surface area contributed by atoms with Gasteiger partial charge in [-0.25, -0.2) is 9.37 Å². The molecule has 0 aliphatic rings. The molecule has 5 aromatic heterocycles. The van der Waals surface area contributed by atoms with Gasteiger partial charge in [-0.15, -0.1) is 0 Å². The monoisotopic (exact) mass is 519 g/mol. The molecule has 0 aliphatic carbocycles. The Hall–Kier alpha value is -4.92. The van der Waals surface area contributed by atoms with E-state index < -0.39 is 0 Å². The van der Waals surface area contributed by atoms with Crippen LogP contribution in [-0.2, 0) is 4.79 Å². The van der Waals surface area contributed by atoms with Crippen molar-refractivity contribution in [2.24, 2.45) is 5.41 Å². The van der Waals surface area contributed by atoms with Crippen LogP contribution in [0.3, 0.4) is 0 Å². The fourth-order valence-corrected chi connectivity index (χ4v) is 4.69. The third-order valence-corrected chi connectivity index (χ3v) is 6.41. The van der Waals surface area contributed by atoms with E-state index in [0.29, 0.717) is 17.8 Å². The summed E-state index contributed by atoms with van der Waals surface area (Å²) in [6.45, 7) is 6.07. The second-order valence-corrected chi connectivity index (χ2v) is 10.8. The maximum absolute atomic E-state index is 13.9. The molecule has 1 aromatic carbocycles. The molecule has 0 spiro atoms. The van der Waals surface area contributed by atoms with Crippen LogP contribution in [0.1, 0.15) is 27.2 Å². The number of nitrogens with zero attached hydrogens (tertiary/aromatic N) is 4. The van der Waals surface area contributed by atoms with Gasteiger partial charge in [-0.2, -0.15) is 5.10 Å². The van der Waals surface area contributed by atoms with Crippen LogP contribution in [0.4, 0.5) is 10.1 Å². The Morgan fingerprint density at radius 3 is 2.56 bits per heavy atom. The first-order valence-corrected chi connectivity index (χ1v) is 12.6. The fraction of sp³-hybridized carbons (Fsp3) is 0.167. The van der Waals surface area contributed by atoms with Crippen LogP contribution < -0.4 is 5.32 Å². The maximum Gasteiger partial charge on any atom is 0.224 e. The van der Waals surface area contributed by atoms with Crippen molar-refractivity contribution < 1.29 is 9.18 Å². The molecule has 194 valence electrons. The van der Waals surface area contributed by atoms with E-state index in [-0.39, 0.29) is 17.1 Å². The van der Waals surface area contributed by atoms with Crippen molar-refractivity contribution in [1.82, 2.24) is 30.1 Å². The van der Waals surface area contributed by atoms with E-state index >= 15 is 0 Å². The highest BCUT2D eigenvalue weighted by Gasteiger charge is 2.17. The Morgan fingerprint density at radius 2 is 1.74 bits per heavy atom. The number of benzene rings is 1. The van der Waals surface area contributed by atoms with Gasteiger partial charge in [0.25, 0.3) is 0 Å². The topological polar surface area (TPSA) is 112 Å². The van der Waals surface area contributed by atoms with Crippen molar-refractivity contribution in [3.63, 3.8) is 0 Å². The van der Waals surface area contributed by atoms with Gasteiger partial charge in [0.05, 0.1) is 35.0 Å². The highest BCUT2D eigenvalue weighted by molar-refractivity contribution is 6.00. The summed E-state index contributed by atoms with van der Waals surface area (Å²) >= 11 is 0. The molecule has 3 N–H and O–H groups in total. The zero-order chi connectivity index (χ0) is 27.1. The number of anilines is 1. The molecule has 6 aromatic rings. The molecule has 1 amide bonds. The summed E-state index contributed by atoms with van der Waals surface area (Å²) < 4.78 is 13.9. The van der Waals surface area contributed by atoms with E-state index in [9.17, 15) is 9.18 Å². The molecule has 8 nitrogen and oxygen atoms in total. The quantitative estimate of drug-likeness (QED) is 0.233. The predicted octanol–water partition coefficient (Wildman–Crippen LogP) is 6.74. The number of carbonyl (C=O) groups is 1. The number of amides is 1. The molecule has 0 saturated heterocycles. The first kappa shape index (κ1) is 24.4. The van der Waals surface area contributed by atoms with Crippen molar-refractivity contribution in [3.8, 4) is 33.6 Å². The largest absolute Gasteiger partial charge is 0.352 e. The molecule has 0 aliphatic heterocycles. The minimum absolute atomic E-state index is 0.0574. The van der Waals surface area contributed by atoms with Crippen molar-refractivity contribution >= 4 is 33.5 Å². The molecule has 9 heteroatoms. The predicted molar refractivity (Wildman–Crippen MR) is 150 cm³/mol. The van der Waals surface area contributed by atoms with Crippen LogP contribution in [0.15, 0.2) is 73.4 Å². The third-order valence-electron chi connectivity index (χ3n) is 6.41. The number of pyridine rings is 3. The Bertz CT molecular complexity index is 1850. The summed E-state index contributed by atoms with van der Waals surface area (Å²) in [5, 5.41) is 12.2. The summed E-state index contributed by atoms with van der Waals surface area (Å²) in [4.78, 5) is 29.1. The lowest BCUT2D eigenvalue weighted by molar-refractivity contribution is -0.117. The van der Waals surface area contributed by atoms with Gasteiger partial charge in [0.15, 0.2) is 5.65 Å². The number of hydrogen-bond acceptors (Lipinski definition) is 5. The van der Waals surface area contributed by atoms with E-state index in [4.69, 9.17) is 0 Å². The van der Waals surface area contributed by atoms with E-state index in [1.807, 2.05) is 45.0 Å². The molecule has 0 bridgehead atoms. The smallest absolute Gasteiger partial charge is 0.224 e. The fourth-order valence-electron chi connectivity index (χ4n) is 4.69. The molecule has 0 unspecified atom stereocenters. The molecule has 0 fully saturated rings. The Morgan fingerprint density at radius 1 is 0.923 bits per heavy atom. The van der Waals surface area contributed by atoms with Gasteiger partial charge < -0.3 is 10.3 Å². The third kappa shape index (κ3) is 4.98. The van der Waals surface area contributed by atoms with Crippen LogP contribution in [0, 0.1) is 11.2 Å². The van der Waals surface area contributed by atoms with Crippen molar-refractivity contribution in [3.05, 3.63) is 79.3 Å². The molecular weight excluding hydrogens is 493 g/mol. The first-order chi connectivity index (χ1) is 18.7. The number of fused-ring (bicyclic) bond motifs is 2. The normalized spacial score (nSPS) is 11.8. The minimum atomic E-state index is -0.300. The lowest BCUT2D eigenvalue weighted by atomic mass is 9.92. The van der Waals surface area contributed by atoms with Gasteiger partial charge in [0.1, 0.15) is 5.82 Å². The number of hydrogen-bond donors (Lipinski definition) is 3. The van der Waals surface area contributed by atoms with Crippen molar-refractivity contribution in [1.29, 1.82) is 0 Å². The summed E-state index contributed by atoms with van der Waals surface area (Å²) in [6.07, 6.45) is 9.00. The minimum Gasteiger partial charge on any atom is -0.352 e. The lowest BCUT2D eigenvalue weighted by Gasteiger charge is -2.17. The SMILES string of the molecule is CC(C)(C)CC(=O)Nc1cncc(-c2cnc3n[nH]c(-c4cc5c(-c6cccc(F)c6)cncc5[nH]4)c3c2)c1. The molecule has 5 heterocycles. The second kappa shape index (κ2) is 9.43. The number of H-pyrrole nitrogens is 2. The van der Waals surface area contributed by atoms with E-state index in [1.165, 1.54) is 12.1 Å². The summed E-state index contributed by atoms with van der Waals surface area (Å²) in [7, 11) is 0. The van der Waals surface area contributed by atoms with Crippen molar-refractivity contribution in [2.75, 3.05) is 5.32 Å². The number of halogens is 1. The summed E-state index contributed by atoms with van der Waals surface area (Å²) in [5.41, 5.74) is 6.71. The summed E-state index contributed by atoms with van der Waals surface area (Å²) in [5.74, 6) is -0.358. The highest BCUT2D eigenvalue weighted by atomic mass is 19.1. The summed E-state index contributed by atoms with van der Waals surface area (Å²) in [6, 6.07) is 12.4. The van der Waals surface area contributed by atoms with Crippen LogP contribution in [-0.4, -0.2) is 36.0 Å². The van der Waals surface area contributed by atoms with Gasteiger partial charge in [-0.1, -0.05) is 32.9 Å². The molecule has 0 atom stereocenters. The highest BCUT2D eigenvalue weighted by Crippen LogP contribution is 2.34. The maximum atomic E-state index is 13.9. The van der Waals surface area contributed by atoms with Crippen LogP contribution in [0.25, 0.3) is 55.6 Å². The van der Waals surface area contributed by atoms with E-state index in [2.05, 4.69) is 35.5 Å². The van der Waals surface area contributed by atoms with Crippen molar-refractivity contribution in [2.45, 2.75) is 27.2 Å². The van der Waals surface area contributed by atoms with Gasteiger partial charge in [0, 0.05) is 52.5 Å². The second-order valence-electron chi connectivity index (χ2n) is 10.8. The standard InChI is InChI=1S/C30H26FN7O/c1-30(2,3)11-27(39)35-21-8-18(12-32-14-21)19-9-23-28(37-38-29(23)34-13-19)25-10-22-24(15-33-16-26(22)36-25)17-5-4-6-20(31)7-17/h4-10,12-16,36H,11H2,1-3H3,(H,35,39)(H,34,37,38). The Balaban J connectivity index is 1.37. The van der Waals surface area contributed by atoms with Gasteiger partial charge in [0.2, 0.25) is 5.91 Å². The van der Waals surface area contributed by atoms with Crippen LogP contribution in [0.2, 0.25) is 0 Å². The molecular formula is C30H26FN7O. The number of nitrogens with one attached hydrogen (secondary N) is 3. The Labute approximate surface area is 223 Å². The first-order valence-electron chi connectivity index (χ1n) is 12.6. The zero-order valence-electron chi connectivity index (χ0n) is 21.7. The van der Waals surface area contributed by atoms with E-state index in [0.717, 1.165) is 49.9 Å². The number of aromatic amines is 2. The molecule has 0 saturated carbocycles.